The number of rotatable bonds is 3. The molecule has 0 amide bonds. The molecule has 1 aromatic heterocycles. The van der Waals surface area contributed by atoms with Crippen molar-refractivity contribution < 1.29 is 4.79 Å². The molecule has 2 nitrogen and oxygen atoms in total. The standard InChI is InChI=1S/C16H18BrNOS/c1-10-5-6-11(17)7-12(10)13(19)8-15-18-14(9-20-15)16(2,3)4/h5-7,9H,8H2,1-4H3. The van der Waals surface area contributed by atoms with Crippen LogP contribution in [-0.2, 0) is 11.8 Å². The molecule has 106 valence electrons. The van der Waals surface area contributed by atoms with Gasteiger partial charge in [-0.3, -0.25) is 4.79 Å². The van der Waals surface area contributed by atoms with Crippen molar-refractivity contribution in [2.24, 2.45) is 0 Å². The molecule has 0 N–H and O–H groups in total. The molecule has 0 bridgehead atoms. The number of hydrogen-bond acceptors (Lipinski definition) is 3. The Morgan fingerprint density at radius 3 is 2.65 bits per heavy atom. The Kier molecular flexibility index (Phi) is 4.45. The molecule has 0 spiro atoms. The van der Waals surface area contributed by atoms with Crippen molar-refractivity contribution in [2.75, 3.05) is 0 Å². The van der Waals surface area contributed by atoms with Gasteiger partial charge in [-0.2, -0.15) is 0 Å². The Labute approximate surface area is 132 Å². The largest absolute Gasteiger partial charge is 0.294 e. The molecule has 0 radical (unpaired) electrons. The summed E-state index contributed by atoms with van der Waals surface area (Å²) in [5.41, 5.74) is 2.86. The van der Waals surface area contributed by atoms with Gasteiger partial charge in [0.15, 0.2) is 5.78 Å². The fraction of sp³-hybridized carbons (Fsp3) is 0.375. The van der Waals surface area contributed by atoms with Gasteiger partial charge in [-0.05, 0) is 24.6 Å². The predicted molar refractivity (Wildman–Crippen MR) is 87.7 cm³/mol. The summed E-state index contributed by atoms with van der Waals surface area (Å²) in [6.45, 7) is 8.35. The van der Waals surface area contributed by atoms with Crippen LogP contribution in [0.5, 0.6) is 0 Å². The number of Topliss-reactive ketones (excluding diaryl/α,β-unsaturated/α-hetero) is 1. The Morgan fingerprint density at radius 1 is 1.35 bits per heavy atom. The first-order chi connectivity index (χ1) is 9.27. The number of hydrogen-bond donors (Lipinski definition) is 0. The van der Waals surface area contributed by atoms with Crippen molar-refractivity contribution in [1.29, 1.82) is 0 Å². The van der Waals surface area contributed by atoms with Crippen LogP contribution in [0.1, 0.15) is 47.4 Å². The number of aromatic nitrogens is 1. The number of carbonyl (C=O) groups excluding carboxylic acids is 1. The van der Waals surface area contributed by atoms with Crippen molar-refractivity contribution in [1.82, 2.24) is 4.98 Å². The lowest BCUT2D eigenvalue weighted by molar-refractivity contribution is 0.0992. The summed E-state index contributed by atoms with van der Waals surface area (Å²) >= 11 is 4.98. The van der Waals surface area contributed by atoms with E-state index >= 15 is 0 Å². The molecular formula is C16H18BrNOS. The van der Waals surface area contributed by atoms with E-state index in [0.717, 1.165) is 26.3 Å². The zero-order valence-electron chi connectivity index (χ0n) is 12.2. The number of carbonyl (C=O) groups is 1. The van der Waals surface area contributed by atoms with Gasteiger partial charge in [0.2, 0.25) is 0 Å². The molecule has 0 aliphatic rings. The first kappa shape index (κ1) is 15.4. The van der Waals surface area contributed by atoms with Gasteiger partial charge < -0.3 is 0 Å². The maximum absolute atomic E-state index is 12.4. The third kappa shape index (κ3) is 3.55. The van der Waals surface area contributed by atoms with Crippen molar-refractivity contribution in [3.63, 3.8) is 0 Å². The normalized spacial score (nSPS) is 11.7. The van der Waals surface area contributed by atoms with E-state index in [2.05, 4.69) is 47.1 Å². The summed E-state index contributed by atoms with van der Waals surface area (Å²) in [6.07, 6.45) is 0.373. The quantitative estimate of drug-likeness (QED) is 0.733. The summed E-state index contributed by atoms with van der Waals surface area (Å²) in [5.74, 6) is 0.124. The summed E-state index contributed by atoms with van der Waals surface area (Å²) in [7, 11) is 0. The Morgan fingerprint density at radius 2 is 2.05 bits per heavy atom. The number of thiazole rings is 1. The maximum Gasteiger partial charge on any atom is 0.169 e. The van der Waals surface area contributed by atoms with Crippen molar-refractivity contribution in [2.45, 2.75) is 39.5 Å². The molecule has 0 aliphatic heterocycles. The molecule has 0 fully saturated rings. The Bertz CT molecular complexity index is 640. The molecule has 0 saturated heterocycles. The minimum Gasteiger partial charge on any atom is -0.294 e. The van der Waals surface area contributed by atoms with Crippen molar-refractivity contribution in [3.8, 4) is 0 Å². The van der Waals surface area contributed by atoms with Crippen molar-refractivity contribution >= 4 is 33.0 Å². The fourth-order valence-electron chi connectivity index (χ4n) is 1.86. The zero-order chi connectivity index (χ0) is 14.9. The van der Waals surface area contributed by atoms with E-state index in [1.807, 2.05) is 25.1 Å². The zero-order valence-corrected chi connectivity index (χ0v) is 14.6. The van der Waals surface area contributed by atoms with Crippen LogP contribution in [0, 0.1) is 6.92 Å². The first-order valence-corrected chi connectivity index (χ1v) is 8.19. The molecule has 0 atom stereocenters. The third-order valence-electron chi connectivity index (χ3n) is 3.13. The number of ketones is 1. The first-order valence-electron chi connectivity index (χ1n) is 6.51. The van der Waals surface area contributed by atoms with E-state index in [4.69, 9.17) is 0 Å². The van der Waals surface area contributed by atoms with E-state index in [1.165, 1.54) is 0 Å². The molecule has 1 heterocycles. The van der Waals surface area contributed by atoms with Gasteiger partial charge >= 0.3 is 0 Å². The summed E-state index contributed by atoms with van der Waals surface area (Å²) < 4.78 is 0.931. The third-order valence-corrected chi connectivity index (χ3v) is 4.47. The highest BCUT2D eigenvalue weighted by Crippen LogP contribution is 2.25. The Balaban J connectivity index is 2.20. The second kappa shape index (κ2) is 5.78. The SMILES string of the molecule is Cc1ccc(Br)cc1C(=O)Cc1nc(C(C)(C)C)cs1. The molecule has 20 heavy (non-hydrogen) atoms. The lowest BCUT2D eigenvalue weighted by Gasteiger charge is -2.14. The molecular weight excluding hydrogens is 334 g/mol. The van der Waals surface area contributed by atoms with Crippen LogP contribution in [-0.4, -0.2) is 10.8 Å². The molecule has 4 heteroatoms. The molecule has 1 aromatic carbocycles. The number of halogens is 1. The second-order valence-corrected chi connectivity index (χ2v) is 7.79. The summed E-state index contributed by atoms with van der Waals surface area (Å²) in [4.78, 5) is 17.0. The number of nitrogens with zero attached hydrogens (tertiary/aromatic N) is 1. The van der Waals surface area contributed by atoms with Crippen LogP contribution in [0.3, 0.4) is 0 Å². The molecule has 2 rings (SSSR count). The van der Waals surface area contributed by atoms with Crippen LogP contribution < -0.4 is 0 Å². The molecule has 0 saturated carbocycles. The van der Waals surface area contributed by atoms with Crippen LogP contribution >= 0.6 is 27.3 Å². The van der Waals surface area contributed by atoms with E-state index in [0.29, 0.717) is 6.42 Å². The number of benzene rings is 1. The van der Waals surface area contributed by atoms with E-state index in [-0.39, 0.29) is 11.2 Å². The number of aryl methyl sites for hydroxylation is 1. The van der Waals surface area contributed by atoms with E-state index in [1.54, 1.807) is 11.3 Å². The topological polar surface area (TPSA) is 30.0 Å². The fourth-order valence-corrected chi connectivity index (χ4v) is 3.24. The minimum atomic E-state index is 0.0312. The highest BCUT2D eigenvalue weighted by Gasteiger charge is 2.19. The average Bonchev–Trinajstić information content (AvgIpc) is 2.80. The average molecular weight is 352 g/mol. The highest BCUT2D eigenvalue weighted by molar-refractivity contribution is 9.10. The second-order valence-electron chi connectivity index (χ2n) is 5.94. The van der Waals surface area contributed by atoms with Gasteiger partial charge in [0, 0.05) is 20.8 Å². The van der Waals surface area contributed by atoms with Crippen LogP contribution in [0.25, 0.3) is 0 Å². The maximum atomic E-state index is 12.4. The van der Waals surface area contributed by atoms with E-state index < -0.39 is 0 Å². The predicted octanol–water partition coefficient (Wildman–Crippen LogP) is 4.94. The molecule has 0 unspecified atom stereocenters. The van der Waals surface area contributed by atoms with Gasteiger partial charge in [-0.15, -0.1) is 11.3 Å². The smallest absolute Gasteiger partial charge is 0.169 e. The van der Waals surface area contributed by atoms with Gasteiger partial charge in [0.05, 0.1) is 12.1 Å². The van der Waals surface area contributed by atoms with Crippen LogP contribution in [0.15, 0.2) is 28.1 Å². The summed E-state index contributed by atoms with van der Waals surface area (Å²) in [5, 5.41) is 2.94. The lowest BCUT2D eigenvalue weighted by Crippen LogP contribution is -2.12. The van der Waals surface area contributed by atoms with E-state index in [9.17, 15) is 4.79 Å². The van der Waals surface area contributed by atoms with Gasteiger partial charge in [0.1, 0.15) is 5.01 Å². The summed E-state index contributed by atoms with van der Waals surface area (Å²) in [6, 6.07) is 5.79. The molecule has 0 aliphatic carbocycles. The van der Waals surface area contributed by atoms with Crippen LogP contribution in [0.4, 0.5) is 0 Å². The lowest BCUT2D eigenvalue weighted by atomic mass is 9.93. The molecule has 2 aromatic rings. The Hall–Kier alpha value is -1.00. The minimum absolute atomic E-state index is 0.0312. The van der Waals surface area contributed by atoms with Gasteiger partial charge in [0.25, 0.3) is 0 Å². The highest BCUT2D eigenvalue weighted by atomic mass is 79.9. The van der Waals surface area contributed by atoms with Gasteiger partial charge in [-0.25, -0.2) is 4.98 Å². The van der Waals surface area contributed by atoms with Gasteiger partial charge in [-0.1, -0.05) is 42.8 Å². The van der Waals surface area contributed by atoms with Crippen LogP contribution in [0.2, 0.25) is 0 Å². The monoisotopic (exact) mass is 351 g/mol. The van der Waals surface area contributed by atoms with Crippen molar-refractivity contribution in [3.05, 3.63) is 49.9 Å².